The van der Waals surface area contributed by atoms with Crippen LogP contribution in [0.4, 0.5) is 4.39 Å². The van der Waals surface area contributed by atoms with Gasteiger partial charge in [0.05, 0.1) is 17.2 Å². The molecule has 4 heteroatoms. The first-order valence-corrected chi connectivity index (χ1v) is 5.34. The molecule has 3 aromatic rings. The Hall–Kier alpha value is -2.23. The van der Waals surface area contributed by atoms with E-state index in [1.807, 2.05) is 12.1 Å². The molecule has 0 aliphatic carbocycles. The van der Waals surface area contributed by atoms with Crippen molar-refractivity contribution in [3.63, 3.8) is 0 Å². The summed E-state index contributed by atoms with van der Waals surface area (Å²) in [4.78, 5) is 11.6. The van der Waals surface area contributed by atoms with Crippen LogP contribution < -0.4 is 0 Å². The fraction of sp³-hybridized carbons (Fsp3) is 0.0769. The number of pyridine rings is 1. The Balaban J connectivity index is 1.94. The SMILES string of the molecule is Fc1cccc(Cc2nc3ccncc3[nH]2)c1. The van der Waals surface area contributed by atoms with Gasteiger partial charge in [-0.25, -0.2) is 9.37 Å². The van der Waals surface area contributed by atoms with E-state index in [0.29, 0.717) is 6.42 Å². The monoisotopic (exact) mass is 227 g/mol. The summed E-state index contributed by atoms with van der Waals surface area (Å²) in [5.74, 6) is 0.596. The first kappa shape index (κ1) is 9.96. The first-order valence-electron chi connectivity index (χ1n) is 5.34. The highest BCUT2D eigenvalue weighted by molar-refractivity contribution is 5.73. The van der Waals surface area contributed by atoms with Crippen LogP contribution in [0.15, 0.2) is 42.7 Å². The van der Waals surface area contributed by atoms with Crippen LogP contribution in [0.3, 0.4) is 0 Å². The van der Waals surface area contributed by atoms with Crippen molar-refractivity contribution < 1.29 is 4.39 Å². The van der Waals surface area contributed by atoms with E-state index >= 15 is 0 Å². The molecule has 1 N–H and O–H groups in total. The van der Waals surface area contributed by atoms with Gasteiger partial charge in [0.25, 0.3) is 0 Å². The third kappa shape index (κ3) is 2.01. The second kappa shape index (κ2) is 3.97. The van der Waals surface area contributed by atoms with E-state index in [9.17, 15) is 4.39 Å². The molecule has 0 aliphatic rings. The highest BCUT2D eigenvalue weighted by atomic mass is 19.1. The van der Waals surface area contributed by atoms with Gasteiger partial charge in [0, 0.05) is 12.6 Å². The zero-order valence-electron chi connectivity index (χ0n) is 9.02. The van der Waals surface area contributed by atoms with Crippen LogP contribution in [0.1, 0.15) is 11.4 Å². The van der Waals surface area contributed by atoms with Crippen LogP contribution in [-0.4, -0.2) is 15.0 Å². The molecule has 0 unspecified atom stereocenters. The average molecular weight is 227 g/mol. The molecule has 0 radical (unpaired) electrons. The van der Waals surface area contributed by atoms with Gasteiger partial charge >= 0.3 is 0 Å². The lowest BCUT2D eigenvalue weighted by atomic mass is 10.1. The number of hydrogen-bond acceptors (Lipinski definition) is 2. The number of aromatic amines is 1. The zero-order chi connectivity index (χ0) is 11.7. The van der Waals surface area contributed by atoms with Crippen molar-refractivity contribution in [2.24, 2.45) is 0 Å². The number of H-pyrrole nitrogens is 1. The molecule has 0 spiro atoms. The van der Waals surface area contributed by atoms with Crippen molar-refractivity contribution in [3.05, 3.63) is 59.9 Å². The molecule has 0 aliphatic heterocycles. The Labute approximate surface area is 97.3 Å². The van der Waals surface area contributed by atoms with Gasteiger partial charge in [-0.1, -0.05) is 12.1 Å². The van der Waals surface area contributed by atoms with Gasteiger partial charge in [-0.3, -0.25) is 4.98 Å². The third-order valence-corrected chi connectivity index (χ3v) is 2.59. The van der Waals surface area contributed by atoms with E-state index in [0.717, 1.165) is 22.4 Å². The normalized spacial score (nSPS) is 10.9. The molecule has 0 bridgehead atoms. The van der Waals surface area contributed by atoms with Gasteiger partial charge in [0.15, 0.2) is 0 Å². The number of rotatable bonds is 2. The molecule has 0 saturated heterocycles. The Morgan fingerprint density at radius 1 is 1.24 bits per heavy atom. The van der Waals surface area contributed by atoms with Gasteiger partial charge in [-0.15, -0.1) is 0 Å². The average Bonchev–Trinajstić information content (AvgIpc) is 2.71. The lowest BCUT2D eigenvalue weighted by Crippen LogP contribution is -1.91. The van der Waals surface area contributed by atoms with Gasteiger partial charge in [0.1, 0.15) is 11.6 Å². The highest BCUT2D eigenvalue weighted by Crippen LogP contribution is 2.13. The Bertz CT molecular complexity index is 627. The minimum Gasteiger partial charge on any atom is -0.340 e. The number of imidazole rings is 1. The van der Waals surface area contributed by atoms with Crippen molar-refractivity contribution in [3.8, 4) is 0 Å². The maximum absolute atomic E-state index is 13.0. The van der Waals surface area contributed by atoms with Crippen LogP contribution in [0.25, 0.3) is 11.0 Å². The molecule has 0 fully saturated rings. The molecule has 0 saturated carbocycles. The quantitative estimate of drug-likeness (QED) is 0.731. The fourth-order valence-electron chi connectivity index (χ4n) is 1.83. The summed E-state index contributed by atoms with van der Waals surface area (Å²) in [6.45, 7) is 0. The van der Waals surface area contributed by atoms with Crippen LogP contribution in [0.2, 0.25) is 0 Å². The molecule has 2 aromatic heterocycles. The predicted octanol–water partition coefficient (Wildman–Crippen LogP) is 2.69. The molecule has 3 nitrogen and oxygen atoms in total. The number of benzene rings is 1. The summed E-state index contributed by atoms with van der Waals surface area (Å²) in [5.41, 5.74) is 2.68. The minimum absolute atomic E-state index is 0.222. The molecule has 17 heavy (non-hydrogen) atoms. The maximum atomic E-state index is 13.0. The topological polar surface area (TPSA) is 41.6 Å². The number of halogens is 1. The van der Waals surface area contributed by atoms with Crippen molar-refractivity contribution >= 4 is 11.0 Å². The Morgan fingerprint density at radius 3 is 3.00 bits per heavy atom. The second-order valence-electron chi connectivity index (χ2n) is 3.88. The fourth-order valence-corrected chi connectivity index (χ4v) is 1.83. The molecule has 0 amide bonds. The summed E-state index contributed by atoms with van der Waals surface area (Å²) < 4.78 is 13.0. The van der Waals surface area contributed by atoms with Crippen molar-refractivity contribution in [1.29, 1.82) is 0 Å². The van der Waals surface area contributed by atoms with E-state index in [4.69, 9.17) is 0 Å². The van der Waals surface area contributed by atoms with Gasteiger partial charge in [0.2, 0.25) is 0 Å². The van der Waals surface area contributed by atoms with Crippen LogP contribution in [0, 0.1) is 5.82 Å². The lowest BCUT2D eigenvalue weighted by Gasteiger charge is -1.97. The molecule has 3 rings (SSSR count). The molecule has 1 aromatic carbocycles. The Morgan fingerprint density at radius 2 is 2.18 bits per heavy atom. The summed E-state index contributed by atoms with van der Waals surface area (Å²) in [6, 6.07) is 8.39. The number of aromatic nitrogens is 3. The second-order valence-corrected chi connectivity index (χ2v) is 3.88. The summed E-state index contributed by atoms with van der Waals surface area (Å²) in [5, 5.41) is 0. The van der Waals surface area contributed by atoms with E-state index in [1.165, 1.54) is 12.1 Å². The van der Waals surface area contributed by atoms with Crippen LogP contribution in [0.5, 0.6) is 0 Å². The third-order valence-electron chi connectivity index (χ3n) is 2.59. The molecular weight excluding hydrogens is 217 g/mol. The van der Waals surface area contributed by atoms with E-state index < -0.39 is 0 Å². The molecule has 84 valence electrons. The number of nitrogens with one attached hydrogen (secondary N) is 1. The van der Waals surface area contributed by atoms with Gasteiger partial charge < -0.3 is 4.98 Å². The minimum atomic E-state index is -0.222. The van der Waals surface area contributed by atoms with Crippen molar-refractivity contribution in [1.82, 2.24) is 15.0 Å². The van der Waals surface area contributed by atoms with E-state index in [2.05, 4.69) is 15.0 Å². The van der Waals surface area contributed by atoms with Crippen LogP contribution >= 0.6 is 0 Å². The van der Waals surface area contributed by atoms with Crippen molar-refractivity contribution in [2.45, 2.75) is 6.42 Å². The smallest absolute Gasteiger partial charge is 0.123 e. The molecular formula is C13H10FN3. The van der Waals surface area contributed by atoms with Crippen molar-refractivity contribution in [2.75, 3.05) is 0 Å². The summed E-state index contributed by atoms with van der Waals surface area (Å²) >= 11 is 0. The van der Waals surface area contributed by atoms with E-state index in [1.54, 1.807) is 18.5 Å². The molecule has 0 atom stereocenters. The highest BCUT2D eigenvalue weighted by Gasteiger charge is 2.03. The lowest BCUT2D eigenvalue weighted by molar-refractivity contribution is 0.626. The predicted molar refractivity (Wildman–Crippen MR) is 63.1 cm³/mol. The van der Waals surface area contributed by atoms with Crippen LogP contribution in [-0.2, 0) is 6.42 Å². The summed E-state index contributed by atoms with van der Waals surface area (Å²) in [6.07, 6.45) is 4.03. The first-order chi connectivity index (χ1) is 8.31. The van der Waals surface area contributed by atoms with Gasteiger partial charge in [-0.2, -0.15) is 0 Å². The number of fused-ring (bicyclic) bond motifs is 1. The number of hydrogen-bond donors (Lipinski definition) is 1. The summed E-state index contributed by atoms with van der Waals surface area (Å²) in [7, 11) is 0. The molecule has 2 heterocycles. The Kier molecular flexibility index (Phi) is 2.33. The largest absolute Gasteiger partial charge is 0.340 e. The van der Waals surface area contributed by atoms with E-state index in [-0.39, 0.29) is 5.82 Å². The standard InChI is InChI=1S/C13H10FN3/c14-10-3-1-2-9(6-10)7-13-16-11-4-5-15-8-12(11)17-13/h1-6,8H,7H2,(H,16,17). The number of nitrogens with zero attached hydrogens (tertiary/aromatic N) is 2. The zero-order valence-corrected chi connectivity index (χ0v) is 9.02. The maximum Gasteiger partial charge on any atom is 0.123 e. The van der Waals surface area contributed by atoms with Gasteiger partial charge in [-0.05, 0) is 23.8 Å².